The monoisotopic (exact) mass is 347 g/mol. The number of rotatable bonds is 5. The molecule has 130 valence electrons. The zero-order chi connectivity index (χ0) is 16.5. The van der Waals surface area contributed by atoms with Gasteiger partial charge in [0.05, 0.1) is 18.6 Å². The van der Waals surface area contributed by atoms with Crippen LogP contribution in [0.5, 0.6) is 0 Å². The van der Waals surface area contributed by atoms with Gasteiger partial charge in [-0.25, -0.2) is 14.3 Å². The Hall–Kier alpha value is -1.31. The van der Waals surface area contributed by atoms with E-state index in [1.54, 1.807) is 6.33 Å². The fraction of sp³-hybridized carbons (Fsp3) is 0.647. The number of hydrogen-bond acceptors (Lipinski definition) is 6. The van der Waals surface area contributed by atoms with Gasteiger partial charge in [-0.1, -0.05) is 11.9 Å². The van der Waals surface area contributed by atoms with E-state index in [2.05, 4.69) is 44.2 Å². The first-order chi connectivity index (χ1) is 11.7. The normalized spacial score (nSPS) is 28.0. The SMILES string of the molecule is CC1COCCN1SCC1CC(N(C)c2ncnc3[nH]ccc23)C1. The molecule has 0 bridgehead atoms. The lowest BCUT2D eigenvalue weighted by atomic mass is 9.81. The zero-order valence-corrected chi connectivity index (χ0v) is 15.1. The van der Waals surface area contributed by atoms with Gasteiger partial charge in [0.1, 0.15) is 17.8 Å². The van der Waals surface area contributed by atoms with E-state index in [1.165, 1.54) is 18.6 Å². The summed E-state index contributed by atoms with van der Waals surface area (Å²) in [4.78, 5) is 14.3. The van der Waals surface area contributed by atoms with E-state index >= 15 is 0 Å². The summed E-state index contributed by atoms with van der Waals surface area (Å²) in [7, 11) is 2.16. The van der Waals surface area contributed by atoms with Gasteiger partial charge >= 0.3 is 0 Å². The molecule has 2 aromatic heterocycles. The Kier molecular flexibility index (Phi) is 4.65. The summed E-state index contributed by atoms with van der Waals surface area (Å²) in [6, 6.07) is 3.18. The van der Waals surface area contributed by atoms with E-state index in [0.29, 0.717) is 12.1 Å². The van der Waals surface area contributed by atoms with Crippen molar-refractivity contribution in [2.75, 3.05) is 37.5 Å². The minimum Gasteiger partial charge on any atom is -0.378 e. The maximum Gasteiger partial charge on any atom is 0.142 e. The van der Waals surface area contributed by atoms with Gasteiger partial charge in [0.2, 0.25) is 0 Å². The quantitative estimate of drug-likeness (QED) is 0.839. The molecule has 1 N–H and O–H groups in total. The predicted molar refractivity (Wildman–Crippen MR) is 98.2 cm³/mol. The van der Waals surface area contributed by atoms with Crippen molar-refractivity contribution in [3.8, 4) is 0 Å². The zero-order valence-electron chi connectivity index (χ0n) is 14.3. The molecule has 1 atom stereocenters. The van der Waals surface area contributed by atoms with Gasteiger partial charge in [-0.15, -0.1) is 0 Å². The highest BCUT2D eigenvalue weighted by Gasteiger charge is 2.34. The van der Waals surface area contributed by atoms with Crippen LogP contribution in [0.3, 0.4) is 0 Å². The first-order valence-corrected chi connectivity index (χ1v) is 9.65. The number of ether oxygens (including phenoxy) is 1. The number of aromatic amines is 1. The number of morpholine rings is 1. The van der Waals surface area contributed by atoms with Crippen LogP contribution in [0.15, 0.2) is 18.6 Å². The maximum atomic E-state index is 5.51. The van der Waals surface area contributed by atoms with Crippen molar-refractivity contribution in [3.63, 3.8) is 0 Å². The minimum absolute atomic E-state index is 0.533. The molecule has 1 aliphatic heterocycles. The molecule has 1 unspecified atom stereocenters. The number of H-pyrrole nitrogens is 1. The highest BCUT2D eigenvalue weighted by atomic mass is 32.2. The van der Waals surface area contributed by atoms with Gasteiger partial charge in [0.25, 0.3) is 0 Å². The van der Waals surface area contributed by atoms with E-state index in [0.717, 1.165) is 42.5 Å². The van der Waals surface area contributed by atoms with Gasteiger partial charge in [-0.3, -0.25) is 0 Å². The molecule has 2 aromatic rings. The van der Waals surface area contributed by atoms with Crippen molar-refractivity contribution in [2.45, 2.75) is 31.8 Å². The van der Waals surface area contributed by atoms with Crippen LogP contribution in [0.2, 0.25) is 0 Å². The molecule has 2 aliphatic rings. The first kappa shape index (κ1) is 16.2. The average molecular weight is 347 g/mol. The Morgan fingerprint density at radius 3 is 3.12 bits per heavy atom. The van der Waals surface area contributed by atoms with Crippen molar-refractivity contribution in [1.82, 2.24) is 19.3 Å². The average Bonchev–Trinajstić information content (AvgIpc) is 3.03. The molecule has 0 radical (unpaired) electrons. The second-order valence-corrected chi connectivity index (χ2v) is 7.96. The molecule has 0 aromatic carbocycles. The van der Waals surface area contributed by atoms with Crippen LogP contribution in [0.25, 0.3) is 11.0 Å². The van der Waals surface area contributed by atoms with Gasteiger partial charge < -0.3 is 14.6 Å². The molecule has 7 heteroatoms. The van der Waals surface area contributed by atoms with Crippen molar-refractivity contribution < 1.29 is 4.74 Å². The molecule has 1 saturated heterocycles. The number of hydrogen-bond donors (Lipinski definition) is 1. The molecule has 1 saturated carbocycles. The Bertz CT molecular complexity index is 686. The Morgan fingerprint density at radius 2 is 2.29 bits per heavy atom. The third-order valence-corrected chi connectivity index (χ3v) is 6.70. The van der Waals surface area contributed by atoms with Crippen molar-refractivity contribution in [2.24, 2.45) is 5.92 Å². The molecule has 0 amide bonds. The maximum absolute atomic E-state index is 5.51. The fourth-order valence-electron chi connectivity index (χ4n) is 3.57. The second kappa shape index (κ2) is 6.90. The summed E-state index contributed by atoms with van der Waals surface area (Å²) in [5, 5.41) is 1.11. The Morgan fingerprint density at radius 1 is 1.42 bits per heavy atom. The minimum atomic E-state index is 0.533. The number of aromatic nitrogens is 3. The molecular weight excluding hydrogens is 322 g/mol. The number of nitrogens with one attached hydrogen (secondary N) is 1. The summed E-state index contributed by atoms with van der Waals surface area (Å²) in [5.41, 5.74) is 0.916. The molecule has 6 nitrogen and oxygen atoms in total. The number of nitrogens with zero attached hydrogens (tertiary/aromatic N) is 4. The van der Waals surface area contributed by atoms with Crippen molar-refractivity contribution >= 4 is 28.8 Å². The smallest absolute Gasteiger partial charge is 0.142 e. The van der Waals surface area contributed by atoms with Gasteiger partial charge in [0, 0.05) is 37.6 Å². The van der Waals surface area contributed by atoms with Gasteiger partial charge in [0.15, 0.2) is 0 Å². The largest absolute Gasteiger partial charge is 0.378 e. The predicted octanol–water partition coefficient (Wildman–Crippen LogP) is 2.54. The number of fused-ring (bicyclic) bond motifs is 1. The van der Waals surface area contributed by atoms with Gasteiger partial charge in [-0.2, -0.15) is 0 Å². The Balaban J connectivity index is 1.30. The van der Waals surface area contributed by atoms with E-state index < -0.39 is 0 Å². The van der Waals surface area contributed by atoms with Crippen LogP contribution in [0.1, 0.15) is 19.8 Å². The van der Waals surface area contributed by atoms with Crippen LogP contribution < -0.4 is 4.90 Å². The molecule has 24 heavy (non-hydrogen) atoms. The van der Waals surface area contributed by atoms with Crippen molar-refractivity contribution in [3.05, 3.63) is 18.6 Å². The molecule has 2 fully saturated rings. The van der Waals surface area contributed by atoms with Crippen LogP contribution >= 0.6 is 11.9 Å². The van der Waals surface area contributed by atoms with E-state index in [1.807, 2.05) is 18.1 Å². The van der Waals surface area contributed by atoms with Crippen molar-refractivity contribution in [1.29, 1.82) is 0 Å². The van der Waals surface area contributed by atoms with Crippen LogP contribution in [-0.4, -0.2) is 63.9 Å². The van der Waals surface area contributed by atoms with Gasteiger partial charge in [-0.05, 0) is 31.7 Å². The molecular formula is C17H25N5OS. The summed E-state index contributed by atoms with van der Waals surface area (Å²) >= 11 is 2.01. The standard InChI is InChI=1S/C17H25N5OS/c1-12-9-23-6-5-22(12)24-10-13-7-14(8-13)21(2)17-15-3-4-18-16(15)19-11-20-17/h3-4,11-14H,5-10H2,1-2H3,(H,18,19,20). The van der Waals surface area contributed by atoms with E-state index in [-0.39, 0.29) is 0 Å². The van der Waals surface area contributed by atoms with E-state index in [4.69, 9.17) is 4.74 Å². The van der Waals surface area contributed by atoms with Crippen LogP contribution in [0.4, 0.5) is 5.82 Å². The summed E-state index contributed by atoms with van der Waals surface area (Å²) in [5.74, 6) is 3.07. The lowest BCUT2D eigenvalue weighted by Gasteiger charge is -2.43. The fourth-order valence-corrected chi connectivity index (χ4v) is 4.76. The van der Waals surface area contributed by atoms with E-state index in [9.17, 15) is 0 Å². The second-order valence-electron chi connectivity index (χ2n) is 6.90. The summed E-state index contributed by atoms with van der Waals surface area (Å²) < 4.78 is 8.00. The lowest BCUT2D eigenvalue weighted by molar-refractivity contribution is 0.0438. The van der Waals surface area contributed by atoms with Crippen LogP contribution in [-0.2, 0) is 4.74 Å². The first-order valence-electron chi connectivity index (χ1n) is 8.70. The highest BCUT2D eigenvalue weighted by Crippen LogP contribution is 2.37. The molecule has 4 rings (SSSR count). The topological polar surface area (TPSA) is 57.3 Å². The number of anilines is 1. The Labute approximate surface area is 147 Å². The lowest BCUT2D eigenvalue weighted by Crippen LogP contribution is -2.45. The molecule has 1 aliphatic carbocycles. The third-order valence-electron chi connectivity index (χ3n) is 5.21. The van der Waals surface area contributed by atoms with Crippen LogP contribution in [0, 0.1) is 5.92 Å². The third kappa shape index (κ3) is 3.12. The highest BCUT2D eigenvalue weighted by molar-refractivity contribution is 7.97. The molecule has 0 spiro atoms. The summed E-state index contributed by atoms with van der Waals surface area (Å²) in [6.45, 7) is 5.03. The summed E-state index contributed by atoms with van der Waals surface area (Å²) in [6.07, 6.45) is 6.08. The molecule has 3 heterocycles.